The fourth-order valence-electron chi connectivity index (χ4n) is 3.63. The molecule has 0 saturated heterocycles. The Morgan fingerprint density at radius 2 is 1.93 bits per heavy atom. The lowest BCUT2D eigenvalue weighted by atomic mass is 9.59. The Kier molecular flexibility index (Phi) is 3.39. The molecule has 2 fully saturated rings. The van der Waals surface area contributed by atoms with Gasteiger partial charge in [0.1, 0.15) is 0 Å². The Bertz CT molecular complexity index is 205. The van der Waals surface area contributed by atoms with E-state index in [1.807, 2.05) is 0 Å². The standard InChI is InChI=1S/C14H27N/c1-14(2)8-7-12(10-15-3)13(9-14)11-5-4-6-11/h11-13,15H,4-10H2,1-3H3. The third-order valence-corrected chi connectivity index (χ3v) is 4.81. The van der Waals surface area contributed by atoms with Gasteiger partial charge in [-0.25, -0.2) is 0 Å². The van der Waals surface area contributed by atoms with Crippen molar-refractivity contribution < 1.29 is 0 Å². The van der Waals surface area contributed by atoms with E-state index in [4.69, 9.17) is 0 Å². The minimum Gasteiger partial charge on any atom is -0.319 e. The number of rotatable bonds is 3. The van der Waals surface area contributed by atoms with Gasteiger partial charge in [0.2, 0.25) is 0 Å². The third-order valence-electron chi connectivity index (χ3n) is 4.81. The van der Waals surface area contributed by atoms with Crippen LogP contribution in [0.2, 0.25) is 0 Å². The summed E-state index contributed by atoms with van der Waals surface area (Å²) in [5.41, 5.74) is 0.616. The summed E-state index contributed by atoms with van der Waals surface area (Å²) in [7, 11) is 2.11. The van der Waals surface area contributed by atoms with Crippen molar-refractivity contribution in [2.24, 2.45) is 23.2 Å². The first-order chi connectivity index (χ1) is 7.12. The molecule has 2 saturated carbocycles. The molecule has 0 spiro atoms. The van der Waals surface area contributed by atoms with Crippen molar-refractivity contribution in [1.29, 1.82) is 0 Å². The van der Waals surface area contributed by atoms with E-state index in [0.717, 1.165) is 17.8 Å². The lowest BCUT2D eigenvalue weighted by molar-refractivity contribution is 0.0417. The van der Waals surface area contributed by atoms with Gasteiger partial charge in [-0.3, -0.25) is 0 Å². The van der Waals surface area contributed by atoms with E-state index in [9.17, 15) is 0 Å². The van der Waals surface area contributed by atoms with E-state index in [1.54, 1.807) is 0 Å². The summed E-state index contributed by atoms with van der Waals surface area (Å²) < 4.78 is 0. The molecule has 0 aliphatic heterocycles. The highest BCUT2D eigenvalue weighted by Gasteiger charge is 2.40. The van der Waals surface area contributed by atoms with Crippen LogP contribution < -0.4 is 5.32 Å². The molecule has 0 heterocycles. The molecule has 2 atom stereocenters. The van der Waals surface area contributed by atoms with Gasteiger partial charge in [-0.2, -0.15) is 0 Å². The summed E-state index contributed by atoms with van der Waals surface area (Å²) in [4.78, 5) is 0. The van der Waals surface area contributed by atoms with E-state index in [2.05, 4.69) is 26.2 Å². The zero-order valence-corrected chi connectivity index (χ0v) is 10.7. The smallest absolute Gasteiger partial charge is 0.00208 e. The first-order valence-electron chi connectivity index (χ1n) is 6.77. The summed E-state index contributed by atoms with van der Waals surface area (Å²) in [6, 6.07) is 0. The molecular weight excluding hydrogens is 182 g/mol. The van der Waals surface area contributed by atoms with Crippen molar-refractivity contribution in [3.63, 3.8) is 0 Å². The maximum Gasteiger partial charge on any atom is -0.00208 e. The normalized spacial score (nSPS) is 36.2. The maximum atomic E-state index is 3.40. The van der Waals surface area contributed by atoms with Crippen molar-refractivity contribution in [3.05, 3.63) is 0 Å². The molecule has 1 N–H and O–H groups in total. The fourth-order valence-corrected chi connectivity index (χ4v) is 3.63. The zero-order chi connectivity index (χ0) is 10.9. The molecule has 2 aliphatic carbocycles. The Hall–Kier alpha value is -0.0400. The van der Waals surface area contributed by atoms with Gasteiger partial charge in [0.05, 0.1) is 0 Å². The second-order valence-electron chi connectivity index (χ2n) is 6.58. The van der Waals surface area contributed by atoms with E-state index in [-0.39, 0.29) is 0 Å². The molecule has 0 amide bonds. The molecule has 2 aliphatic rings. The Morgan fingerprint density at radius 1 is 1.20 bits per heavy atom. The third kappa shape index (κ3) is 2.55. The van der Waals surface area contributed by atoms with Crippen molar-refractivity contribution in [3.8, 4) is 0 Å². The molecule has 88 valence electrons. The highest BCUT2D eigenvalue weighted by atomic mass is 14.8. The SMILES string of the molecule is CNCC1CCC(C)(C)CC1C1CCC1. The quantitative estimate of drug-likeness (QED) is 0.750. The highest BCUT2D eigenvalue weighted by molar-refractivity contribution is 4.91. The minimum absolute atomic E-state index is 0.616. The van der Waals surface area contributed by atoms with Gasteiger partial charge < -0.3 is 5.32 Å². The average Bonchev–Trinajstić information content (AvgIpc) is 2.06. The van der Waals surface area contributed by atoms with Crippen molar-refractivity contribution in [2.45, 2.75) is 52.4 Å². The first kappa shape index (κ1) is 11.4. The van der Waals surface area contributed by atoms with Crippen LogP contribution in [0.3, 0.4) is 0 Å². The zero-order valence-electron chi connectivity index (χ0n) is 10.7. The molecule has 0 aromatic rings. The molecular formula is C14H27N. The van der Waals surface area contributed by atoms with Crippen LogP contribution in [-0.4, -0.2) is 13.6 Å². The first-order valence-corrected chi connectivity index (χ1v) is 6.77. The van der Waals surface area contributed by atoms with E-state index in [0.29, 0.717) is 5.41 Å². The van der Waals surface area contributed by atoms with Crippen LogP contribution in [-0.2, 0) is 0 Å². The minimum atomic E-state index is 0.616. The van der Waals surface area contributed by atoms with Gasteiger partial charge in [0.25, 0.3) is 0 Å². The molecule has 15 heavy (non-hydrogen) atoms. The predicted octanol–water partition coefficient (Wildman–Crippen LogP) is 3.45. The van der Waals surface area contributed by atoms with Crippen LogP contribution in [0.25, 0.3) is 0 Å². The Morgan fingerprint density at radius 3 is 2.47 bits per heavy atom. The van der Waals surface area contributed by atoms with Crippen LogP contribution in [0.1, 0.15) is 52.4 Å². The van der Waals surface area contributed by atoms with Gasteiger partial charge in [0, 0.05) is 0 Å². The van der Waals surface area contributed by atoms with Gasteiger partial charge in [-0.15, -0.1) is 0 Å². The molecule has 0 aromatic heterocycles. The number of nitrogens with one attached hydrogen (secondary N) is 1. The average molecular weight is 209 g/mol. The molecule has 0 radical (unpaired) electrons. The van der Waals surface area contributed by atoms with Crippen molar-refractivity contribution >= 4 is 0 Å². The van der Waals surface area contributed by atoms with Crippen molar-refractivity contribution in [1.82, 2.24) is 5.32 Å². The monoisotopic (exact) mass is 209 g/mol. The second-order valence-corrected chi connectivity index (χ2v) is 6.58. The van der Waals surface area contributed by atoms with Gasteiger partial charge in [-0.05, 0) is 56.0 Å². The fraction of sp³-hybridized carbons (Fsp3) is 1.00. The van der Waals surface area contributed by atoms with Crippen LogP contribution in [0.4, 0.5) is 0 Å². The van der Waals surface area contributed by atoms with E-state index < -0.39 is 0 Å². The summed E-state index contributed by atoms with van der Waals surface area (Å²) in [5.74, 6) is 3.06. The molecule has 2 unspecified atom stereocenters. The van der Waals surface area contributed by atoms with Crippen LogP contribution in [0.5, 0.6) is 0 Å². The molecule has 0 aromatic carbocycles. The molecule has 2 rings (SSSR count). The van der Waals surface area contributed by atoms with Crippen LogP contribution in [0.15, 0.2) is 0 Å². The lowest BCUT2D eigenvalue weighted by Gasteiger charge is -2.47. The summed E-state index contributed by atoms with van der Waals surface area (Å²) in [5, 5.41) is 3.40. The Balaban J connectivity index is 1.98. The molecule has 0 bridgehead atoms. The van der Waals surface area contributed by atoms with E-state index >= 15 is 0 Å². The summed E-state index contributed by atoms with van der Waals surface area (Å²) >= 11 is 0. The maximum absolute atomic E-state index is 3.40. The van der Waals surface area contributed by atoms with Crippen molar-refractivity contribution in [2.75, 3.05) is 13.6 Å². The number of hydrogen-bond acceptors (Lipinski definition) is 1. The van der Waals surface area contributed by atoms with Gasteiger partial charge in [0.15, 0.2) is 0 Å². The van der Waals surface area contributed by atoms with Crippen LogP contribution in [0, 0.1) is 23.2 Å². The molecule has 1 heteroatoms. The van der Waals surface area contributed by atoms with Crippen LogP contribution >= 0.6 is 0 Å². The second kappa shape index (κ2) is 4.45. The Labute approximate surface area is 95.0 Å². The van der Waals surface area contributed by atoms with Gasteiger partial charge >= 0.3 is 0 Å². The van der Waals surface area contributed by atoms with E-state index in [1.165, 1.54) is 45.1 Å². The summed E-state index contributed by atoms with van der Waals surface area (Å²) in [6.07, 6.45) is 8.89. The lowest BCUT2D eigenvalue weighted by Crippen LogP contribution is -2.40. The highest BCUT2D eigenvalue weighted by Crippen LogP contribution is 2.49. The topological polar surface area (TPSA) is 12.0 Å². The number of hydrogen-bond donors (Lipinski definition) is 1. The van der Waals surface area contributed by atoms with Gasteiger partial charge in [-0.1, -0.05) is 33.1 Å². The predicted molar refractivity (Wildman–Crippen MR) is 65.9 cm³/mol. The molecule has 1 nitrogen and oxygen atoms in total. The largest absolute Gasteiger partial charge is 0.319 e. The summed E-state index contributed by atoms with van der Waals surface area (Å²) in [6.45, 7) is 6.18.